The first-order chi connectivity index (χ1) is 11.1. The van der Waals surface area contributed by atoms with Crippen LogP contribution in [-0.4, -0.2) is 47.1 Å². The number of carbonyl (C=O) groups excluding carboxylic acids is 1. The lowest BCUT2D eigenvalue weighted by molar-refractivity contribution is 0.00704. The third-order valence-corrected chi connectivity index (χ3v) is 4.81. The highest BCUT2D eigenvalue weighted by molar-refractivity contribution is 5.94. The Balaban J connectivity index is 1.68. The van der Waals surface area contributed by atoms with Gasteiger partial charge in [0.05, 0.1) is 6.10 Å². The standard InChI is InChI=1S/C17H26N4O2/c1-21(10-9-12-6-4-5-11-23-12)16(22)15-13-7-2-3-8-14(13)19-17(18)20-15/h12H,2-11H2,1H3,(H2,18,19,20)/t12-/m0/s1. The minimum Gasteiger partial charge on any atom is -0.378 e. The molecule has 0 unspecified atom stereocenters. The number of aryl methyl sites for hydroxylation is 1. The van der Waals surface area contributed by atoms with Crippen LogP contribution < -0.4 is 5.73 Å². The monoisotopic (exact) mass is 318 g/mol. The molecule has 0 bridgehead atoms. The maximum absolute atomic E-state index is 12.8. The molecule has 1 amide bonds. The summed E-state index contributed by atoms with van der Waals surface area (Å²) in [6.07, 6.45) is 8.58. The first-order valence-corrected chi connectivity index (χ1v) is 8.67. The Kier molecular flexibility index (Phi) is 5.10. The van der Waals surface area contributed by atoms with E-state index in [2.05, 4.69) is 9.97 Å². The minimum absolute atomic E-state index is 0.0481. The van der Waals surface area contributed by atoms with Gasteiger partial charge in [0, 0.05) is 31.5 Å². The molecule has 2 aliphatic rings. The predicted octanol–water partition coefficient (Wildman–Crippen LogP) is 1.97. The maximum atomic E-state index is 12.8. The highest BCUT2D eigenvalue weighted by Crippen LogP contribution is 2.24. The second-order valence-corrected chi connectivity index (χ2v) is 6.57. The number of aromatic nitrogens is 2. The molecule has 23 heavy (non-hydrogen) atoms. The molecular formula is C17H26N4O2. The van der Waals surface area contributed by atoms with E-state index in [0.29, 0.717) is 12.2 Å². The highest BCUT2D eigenvalue weighted by atomic mass is 16.5. The van der Waals surface area contributed by atoms with Crippen molar-refractivity contribution in [3.63, 3.8) is 0 Å². The number of ether oxygens (including phenoxy) is 1. The van der Waals surface area contributed by atoms with Gasteiger partial charge in [-0.2, -0.15) is 0 Å². The van der Waals surface area contributed by atoms with Crippen molar-refractivity contribution in [1.29, 1.82) is 0 Å². The van der Waals surface area contributed by atoms with Crippen molar-refractivity contribution in [2.75, 3.05) is 25.9 Å². The van der Waals surface area contributed by atoms with E-state index < -0.39 is 0 Å². The summed E-state index contributed by atoms with van der Waals surface area (Å²) in [4.78, 5) is 23.1. The molecule has 1 saturated heterocycles. The van der Waals surface area contributed by atoms with Gasteiger partial charge in [-0.25, -0.2) is 9.97 Å². The SMILES string of the molecule is CN(CC[C@@H]1CCCCO1)C(=O)c1nc(N)nc2c1CCCC2. The summed E-state index contributed by atoms with van der Waals surface area (Å²) < 4.78 is 5.74. The number of carbonyl (C=O) groups is 1. The van der Waals surface area contributed by atoms with Crippen LogP contribution >= 0.6 is 0 Å². The zero-order valence-electron chi connectivity index (χ0n) is 13.9. The van der Waals surface area contributed by atoms with Crippen LogP contribution in [0, 0.1) is 0 Å². The number of hydrogen-bond donors (Lipinski definition) is 1. The van der Waals surface area contributed by atoms with Gasteiger partial charge in [0.2, 0.25) is 5.95 Å². The van der Waals surface area contributed by atoms with Gasteiger partial charge in [0.1, 0.15) is 5.69 Å². The van der Waals surface area contributed by atoms with Crippen molar-refractivity contribution >= 4 is 11.9 Å². The molecule has 6 nitrogen and oxygen atoms in total. The van der Waals surface area contributed by atoms with Gasteiger partial charge in [0.15, 0.2) is 0 Å². The summed E-state index contributed by atoms with van der Waals surface area (Å²) in [5.74, 6) is 0.158. The van der Waals surface area contributed by atoms with E-state index in [9.17, 15) is 4.79 Å². The molecule has 0 saturated carbocycles. The second kappa shape index (κ2) is 7.25. The number of nitrogens with zero attached hydrogens (tertiary/aromatic N) is 3. The number of nitrogen functional groups attached to an aromatic ring is 1. The normalized spacial score (nSPS) is 20.8. The van der Waals surface area contributed by atoms with Crippen molar-refractivity contribution in [2.24, 2.45) is 0 Å². The van der Waals surface area contributed by atoms with Gasteiger partial charge >= 0.3 is 0 Å². The number of amides is 1. The summed E-state index contributed by atoms with van der Waals surface area (Å²) in [7, 11) is 1.83. The average molecular weight is 318 g/mol. The fourth-order valence-corrected chi connectivity index (χ4v) is 3.45. The Bertz CT molecular complexity index is 570. The zero-order valence-corrected chi connectivity index (χ0v) is 13.9. The van der Waals surface area contributed by atoms with Crippen LogP contribution in [0.15, 0.2) is 0 Å². The Hall–Kier alpha value is -1.69. The summed E-state index contributed by atoms with van der Waals surface area (Å²) in [6, 6.07) is 0. The molecule has 126 valence electrons. The summed E-state index contributed by atoms with van der Waals surface area (Å²) in [5.41, 5.74) is 8.25. The van der Waals surface area contributed by atoms with Crippen molar-refractivity contribution < 1.29 is 9.53 Å². The van der Waals surface area contributed by atoms with Gasteiger partial charge < -0.3 is 15.4 Å². The molecule has 3 rings (SSSR count). The molecule has 0 aromatic carbocycles. The van der Waals surface area contributed by atoms with Crippen LogP contribution in [0.5, 0.6) is 0 Å². The smallest absolute Gasteiger partial charge is 0.272 e. The van der Waals surface area contributed by atoms with Gasteiger partial charge in [-0.1, -0.05) is 0 Å². The van der Waals surface area contributed by atoms with E-state index in [-0.39, 0.29) is 18.0 Å². The molecule has 2 heterocycles. The number of nitrogens with two attached hydrogens (primary N) is 1. The first kappa shape index (κ1) is 16.2. The predicted molar refractivity (Wildman–Crippen MR) is 88.3 cm³/mol. The molecular weight excluding hydrogens is 292 g/mol. The molecule has 6 heteroatoms. The van der Waals surface area contributed by atoms with E-state index in [1.807, 2.05) is 7.05 Å². The van der Waals surface area contributed by atoms with Crippen LogP contribution in [0.25, 0.3) is 0 Å². The quantitative estimate of drug-likeness (QED) is 0.918. The van der Waals surface area contributed by atoms with Crippen LogP contribution in [-0.2, 0) is 17.6 Å². The van der Waals surface area contributed by atoms with Crippen LogP contribution in [0.1, 0.15) is 60.3 Å². The molecule has 1 aliphatic heterocycles. The van der Waals surface area contributed by atoms with Crippen molar-refractivity contribution in [2.45, 2.75) is 57.5 Å². The fraction of sp³-hybridized carbons (Fsp3) is 0.706. The number of rotatable bonds is 4. The van der Waals surface area contributed by atoms with Crippen molar-refractivity contribution in [3.05, 3.63) is 17.0 Å². The third kappa shape index (κ3) is 3.80. The first-order valence-electron chi connectivity index (χ1n) is 8.67. The van der Waals surface area contributed by atoms with E-state index in [1.54, 1.807) is 4.90 Å². The van der Waals surface area contributed by atoms with Crippen LogP contribution in [0.4, 0.5) is 5.95 Å². The second-order valence-electron chi connectivity index (χ2n) is 6.57. The molecule has 1 atom stereocenters. The maximum Gasteiger partial charge on any atom is 0.272 e. The van der Waals surface area contributed by atoms with E-state index in [1.165, 1.54) is 6.42 Å². The number of hydrogen-bond acceptors (Lipinski definition) is 5. The molecule has 1 aromatic heterocycles. The van der Waals surface area contributed by atoms with Crippen LogP contribution in [0.3, 0.4) is 0 Å². The summed E-state index contributed by atoms with van der Waals surface area (Å²) in [6.45, 7) is 1.53. The fourth-order valence-electron chi connectivity index (χ4n) is 3.45. The lowest BCUT2D eigenvalue weighted by Crippen LogP contribution is -2.33. The lowest BCUT2D eigenvalue weighted by atomic mass is 9.94. The molecule has 1 aliphatic carbocycles. The molecule has 2 N–H and O–H groups in total. The molecule has 1 fully saturated rings. The van der Waals surface area contributed by atoms with Gasteiger partial charge in [-0.15, -0.1) is 0 Å². The summed E-state index contributed by atoms with van der Waals surface area (Å²) >= 11 is 0. The molecule has 1 aromatic rings. The average Bonchev–Trinajstić information content (AvgIpc) is 2.59. The minimum atomic E-state index is -0.0481. The van der Waals surface area contributed by atoms with Crippen LogP contribution in [0.2, 0.25) is 0 Å². The number of fused-ring (bicyclic) bond motifs is 1. The highest BCUT2D eigenvalue weighted by Gasteiger charge is 2.24. The van der Waals surface area contributed by atoms with E-state index in [0.717, 1.165) is 62.8 Å². The lowest BCUT2D eigenvalue weighted by Gasteiger charge is -2.26. The van der Waals surface area contributed by atoms with Crippen molar-refractivity contribution in [3.8, 4) is 0 Å². The molecule has 0 spiro atoms. The largest absolute Gasteiger partial charge is 0.378 e. The Labute approximate surface area is 137 Å². The van der Waals surface area contributed by atoms with Gasteiger partial charge in [-0.3, -0.25) is 4.79 Å². The van der Waals surface area contributed by atoms with E-state index >= 15 is 0 Å². The topological polar surface area (TPSA) is 81.3 Å². The molecule has 0 radical (unpaired) electrons. The third-order valence-electron chi connectivity index (χ3n) is 4.81. The Morgan fingerprint density at radius 3 is 2.87 bits per heavy atom. The van der Waals surface area contributed by atoms with Gasteiger partial charge in [0.25, 0.3) is 5.91 Å². The Morgan fingerprint density at radius 2 is 2.09 bits per heavy atom. The van der Waals surface area contributed by atoms with Crippen molar-refractivity contribution in [1.82, 2.24) is 14.9 Å². The Morgan fingerprint density at radius 1 is 1.26 bits per heavy atom. The van der Waals surface area contributed by atoms with Gasteiger partial charge in [-0.05, 0) is 51.4 Å². The zero-order chi connectivity index (χ0) is 16.2. The number of anilines is 1. The summed E-state index contributed by atoms with van der Waals surface area (Å²) in [5, 5.41) is 0. The van der Waals surface area contributed by atoms with E-state index in [4.69, 9.17) is 10.5 Å².